The zero-order valence-electron chi connectivity index (χ0n) is 15.1. The molecule has 0 fully saturated rings. The molecular formula is C24H18F2O. The van der Waals surface area contributed by atoms with Crippen LogP contribution >= 0.6 is 0 Å². The summed E-state index contributed by atoms with van der Waals surface area (Å²) >= 11 is 0. The standard InChI is InChI=1S/C24H18F2O/c1-13(2)22-23-18-7-5-16(25)11-14(18)3-9-20(23)27-21-10-4-15-12-17(26)6-8-19(15)24(21)22/h3-13,22H,1-2H3. The van der Waals surface area contributed by atoms with Crippen LogP contribution in [-0.2, 0) is 0 Å². The topological polar surface area (TPSA) is 9.23 Å². The van der Waals surface area contributed by atoms with Gasteiger partial charge in [-0.05, 0) is 63.9 Å². The summed E-state index contributed by atoms with van der Waals surface area (Å²) in [4.78, 5) is 0. The highest BCUT2D eigenvalue weighted by Gasteiger charge is 2.32. The van der Waals surface area contributed by atoms with Gasteiger partial charge in [0.25, 0.3) is 0 Å². The highest BCUT2D eigenvalue weighted by Crippen LogP contribution is 2.52. The minimum Gasteiger partial charge on any atom is -0.457 e. The van der Waals surface area contributed by atoms with Crippen LogP contribution in [0.3, 0.4) is 0 Å². The molecule has 1 aliphatic heterocycles. The zero-order chi connectivity index (χ0) is 18.7. The van der Waals surface area contributed by atoms with E-state index < -0.39 is 0 Å². The molecule has 134 valence electrons. The molecule has 0 saturated carbocycles. The summed E-state index contributed by atoms with van der Waals surface area (Å²) in [5.74, 6) is 1.48. The smallest absolute Gasteiger partial charge is 0.131 e. The Balaban J connectivity index is 1.87. The molecule has 0 bridgehead atoms. The number of benzene rings is 4. The third-order valence-electron chi connectivity index (χ3n) is 5.48. The lowest BCUT2D eigenvalue weighted by atomic mass is 9.76. The predicted octanol–water partition coefficient (Wildman–Crippen LogP) is 7.16. The van der Waals surface area contributed by atoms with Gasteiger partial charge in [-0.2, -0.15) is 0 Å². The number of rotatable bonds is 1. The van der Waals surface area contributed by atoms with Crippen molar-refractivity contribution < 1.29 is 13.5 Å². The first kappa shape index (κ1) is 16.2. The van der Waals surface area contributed by atoms with E-state index in [1.54, 1.807) is 12.1 Å². The molecule has 0 radical (unpaired) electrons. The van der Waals surface area contributed by atoms with Crippen molar-refractivity contribution in [1.29, 1.82) is 0 Å². The van der Waals surface area contributed by atoms with Crippen molar-refractivity contribution >= 4 is 21.5 Å². The molecule has 0 spiro atoms. The van der Waals surface area contributed by atoms with Gasteiger partial charge >= 0.3 is 0 Å². The largest absolute Gasteiger partial charge is 0.457 e. The van der Waals surface area contributed by atoms with E-state index in [9.17, 15) is 8.78 Å². The second kappa shape index (κ2) is 5.78. The molecular weight excluding hydrogens is 342 g/mol. The van der Waals surface area contributed by atoms with Crippen molar-refractivity contribution in [2.75, 3.05) is 0 Å². The summed E-state index contributed by atoms with van der Waals surface area (Å²) in [6.45, 7) is 4.35. The molecule has 3 heteroatoms. The lowest BCUT2D eigenvalue weighted by Crippen LogP contribution is -2.16. The number of ether oxygens (including phenoxy) is 1. The van der Waals surface area contributed by atoms with Crippen molar-refractivity contribution in [3.63, 3.8) is 0 Å². The van der Waals surface area contributed by atoms with E-state index in [0.29, 0.717) is 0 Å². The zero-order valence-corrected chi connectivity index (χ0v) is 15.1. The molecule has 27 heavy (non-hydrogen) atoms. The number of hydrogen-bond acceptors (Lipinski definition) is 1. The van der Waals surface area contributed by atoms with Crippen LogP contribution in [0.2, 0.25) is 0 Å². The summed E-state index contributed by atoms with van der Waals surface area (Å²) < 4.78 is 33.7. The molecule has 0 unspecified atom stereocenters. The maximum Gasteiger partial charge on any atom is 0.131 e. The van der Waals surface area contributed by atoms with E-state index in [2.05, 4.69) is 13.8 Å². The molecule has 0 atom stereocenters. The SMILES string of the molecule is CC(C)C1c2c(ccc3cc(F)ccc23)Oc2ccc3cc(F)ccc3c21. The average molecular weight is 360 g/mol. The van der Waals surface area contributed by atoms with Crippen molar-refractivity contribution in [2.45, 2.75) is 19.8 Å². The van der Waals surface area contributed by atoms with Gasteiger partial charge in [0.05, 0.1) is 0 Å². The van der Waals surface area contributed by atoms with Crippen LogP contribution in [-0.4, -0.2) is 0 Å². The average Bonchev–Trinajstić information content (AvgIpc) is 2.65. The normalized spacial score (nSPS) is 13.7. The predicted molar refractivity (Wildman–Crippen MR) is 105 cm³/mol. The summed E-state index contributed by atoms with van der Waals surface area (Å²) in [5, 5.41) is 3.71. The van der Waals surface area contributed by atoms with E-state index in [0.717, 1.165) is 44.2 Å². The maximum absolute atomic E-state index is 13.7. The van der Waals surface area contributed by atoms with Crippen LogP contribution in [0.1, 0.15) is 30.9 Å². The van der Waals surface area contributed by atoms with E-state index >= 15 is 0 Å². The monoisotopic (exact) mass is 360 g/mol. The van der Waals surface area contributed by atoms with Crippen LogP contribution in [0.5, 0.6) is 11.5 Å². The molecule has 0 aliphatic carbocycles. The fourth-order valence-corrected chi connectivity index (χ4v) is 4.36. The van der Waals surface area contributed by atoms with Gasteiger partial charge in [-0.1, -0.05) is 38.1 Å². The Labute approximate surface area is 156 Å². The van der Waals surface area contributed by atoms with Crippen LogP contribution in [0.4, 0.5) is 8.78 Å². The van der Waals surface area contributed by atoms with Crippen LogP contribution in [0, 0.1) is 17.6 Å². The molecule has 5 rings (SSSR count). The second-order valence-electron chi connectivity index (χ2n) is 7.51. The lowest BCUT2D eigenvalue weighted by molar-refractivity contribution is 0.424. The Hall–Kier alpha value is -2.94. The van der Waals surface area contributed by atoms with Crippen LogP contribution in [0.15, 0.2) is 60.7 Å². The molecule has 4 aromatic carbocycles. The quantitative estimate of drug-likeness (QED) is 0.350. The van der Waals surface area contributed by atoms with E-state index in [1.807, 2.05) is 36.4 Å². The molecule has 1 nitrogen and oxygen atoms in total. The van der Waals surface area contributed by atoms with Crippen molar-refractivity contribution in [1.82, 2.24) is 0 Å². The summed E-state index contributed by atoms with van der Waals surface area (Å²) in [6, 6.07) is 17.4. The molecule has 4 aromatic rings. The summed E-state index contributed by atoms with van der Waals surface area (Å²) in [7, 11) is 0. The third-order valence-corrected chi connectivity index (χ3v) is 5.48. The van der Waals surface area contributed by atoms with Gasteiger partial charge in [0, 0.05) is 17.0 Å². The third kappa shape index (κ3) is 2.42. The van der Waals surface area contributed by atoms with Gasteiger partial charge in [-0.15, -0.1) is 0 Å². The van der Waals surface area contributed by atoms with Gasteiger partial charge in [-0.25, -0.2) is 8.78 Å². The summed E-state index contributed by atoms with van der Waals surface area (Å²) in [5.41, 5.74) is 2.15. The highest BCUT2D eigenvalue weighted by molar-refractivity contribution is 5.94. The van der Waals surface area contributed by atoms with Gasteiger partial charge in [0.2, 0.25) is 0 Å². The fraction of sp³-hybridized carbons (Fsp3) is 0.167. The molecule has 0 N–H and O–H groups in total. The Morgan fingerprint density at radius 1 is 0.704 bits per heavy atom. The minimum absolute atomic E-state index is 0.0760. The minimum atomic E-state index is -0.249. The molecule has 0 aromatic heterocycles. The van der Waals surface area contributed by atoms with Crippen LogP contribution < -0.4 is 4.74 Å². The number of halogens is 2. The Kier molecular flexibility index (Phi) is 3.48. The molecule has 0 saturated heterocycles. The first-order chi connectivity index (χ1) is 13.0. The lowest BCUT2D eigenvalue weighted by Gasteiger charge is -2.33. The number of fused-ring (bicyclic) bond motifs is 6. The molecule has 0 amide bonds. The summed E-state index contributed by atoms with van der Waals surface area (Å²) in [6.07, 6.45) is 0. The Morgan fingerprint density at radius 2 is 1.19 bits per heavy atom. The molecule has 1 heterocycles. The molecule has 1 aliphatic rings. The first-order valence-electron chi connectivity index (χ1n) is 9.15. The van der Waals surface area contributed by atoms with Crippen molar-refractivity contribution in [3.05, 3.63) is 83.4 Å². The van der Waals surface area contributed by atoms with E-state index in [4.69, 9.17) is 4.74 Å². The maximum atomic E-state index is 13.7. The van der Waals surface area contributed by atoms with Gasteiger partial charge in [-0.3, -0.25) is 0 Å². The van der Waals surface area contributed by atoms with Crippen LogP contribution in [0.25, 0.3) is 21.5 Å². The van der Waals surface area contributed by atoms with E-state index in [-0.39, 0.29) is 23.5 Å². The number of hydrogen-bond donors (Lipinski definition) is 0. The first-order valence-corrected chi connectivity index (χ1v) is 9.15. The fourth-order valence-electron chi connectivity index (χ4n) is 4.36. The van der Waals surface area contributed by atoms with Crippen molar-refractivity contribution in [3.8, 4) is 11.5 Å². The van der Waals surface area contributed by atoms with Gasteiger partial charge in [0.15, 0.2) is 0 Å². The van der Waals surface area contributed by atoms with E-state index in [1.165, 1.54) is 12.1 Å². The Morgan fingerprint density at radius 3 is 1.63 bits per heavy atom. The second-order valence-corrected chi connectivity index (χ2v) is 7.51. The van der Waals surface area contributed by atoms with Gasteiger partial charge < -0.3 is 4.74 Å². The Bertz CT molecular complexity index is 1120. The van der Waals surface area contributed by atoms with Gasteiger partial charge in [0.1, 0.15) is 23.1 Å². The highest BCUT2D eigenvalue weighted by atomic mass is 19.1. The van der Waals surface area contributed by atoms with Crippen molar-refractivity contribution in [2.24, 2.45) is 5.92 Å².